The van der Waals surface area contributed by atoms with Gasteiger partial charge in [0, 0.05) is 24.4 Å². The number of nitrogens with zero attached hydrogens (tertiary/aromatic N) is 1. The minimum absolute atomic E-state index is 0.0477. The first-order chi connectivity index (χ1) is 10.8. The molecule has 23 heavy (non-hydrogen) atoms. The maximum atomic E-state index is 12.5. The summed E-state index contributed by atoms with van der Waals surface area (Å²) in [6.07, 6.45) is 1.14. The average molecular weight is 339 g/mol. The maximum Gasteiger partial charge on any atom is 0.253 e. The summed E-state index contributed by atoms with van der Waals surface area (Å²) in [5.74, 6) is 0.862. The Labute approximate surface area is 138 Å². The number of sulfone groups is 1. The number of likely N-dealkylation sites (tertiary alicyclic amines) is 1. The number of rotatable bonds is 5. The van der Waals surface area contributed by atoms with Crippen LogP contribution in [-0.2, 0) is 9.84 Å². The number of hydrogen-bond donors (Lipinski definition) is 0. The van der Waals surface area contributed by atoms with Gasteiger partial charge < -0.3 is 9.64 Å². The van der Waals surface area contributed by atoms with Crippen LogP contribution in [0.15, 0.2) is 24.3 Å². The van der Waals surface area contributed by atoms with Crippen molar-refractivity contribution in [2.24, 2.45) is 0 Å². The molecule has 0 aliphatic carbocycles. The van der Waals surface area contributed by atoms with Crippen LogP contribution in [0.4, 0.5) is 0 Å². The first-order valence-electron chi connectivity index (χ1n) is 8.11. The zero-order chi connectivity index (χ0) is 17.0. The molecule has 0 bridgehead atoms. The summed E-state index contributed by atoms with van der Waals surface area (Å²) >= 11 is 0. The Morgan fingerprint density at radius 1 is 1.22 bits per heavy atom. The Morgan fingerprint density at radius 2 is 1.78 bits per heavy atom. The highest BCUT2D eigenvalue weighted by molar-refractivity contribution is 7.92. The van der Waals surface area contributed by atoms with Crippen molar-refractivity contribution < 1.29 is 17.9 Å². The second-order valence-electron chi connectivity index (χ2n) is 6.13. The molecule has 128 valence electrons. The van der Waals surface area contributed by atoms with Crippen LogP contribution >= 0.6 is 0 Å². The van der Waals surface area contributed by atoms with Crippen LogP contribution in [-0.4, -0.2) is 49.4 Å². The summed E-state index contributed by atoms with van der Waals surface area (Å²) in [7, 11) is -3.01. The molecule has 1 heterocycles. The maximum absolute atomic E-state index is 12.5. The molecular weight excluding hydrogens is 314 g/mol. The van der Waals surface area contributed by atoms with E-state index in [0.29, 0.717) is 31.5 Å². The van der Waals surface area contributed by atoms with Crippen molar-refractivity contribution in [3.8, 4) is 5.75 Å². The van der Waals surface area contributed by atoms with E-state index in [1.807, 2.05) is 13.8 Å². The van der Waals surface area contributed by atoms with Gasteiger partial charge in [0.05, 0.1) is 11.4 Å². The molecule has 1 aromatic rings. The van der Waals surface area contributed by atoms with Crippen molar-refractivity contribution in [2.75, 3.05) is 18.8 Å². The summed E-state index contributed by atoms with van der Waals surface area (Å²) in [5.41, 5.74) is 0.609. The van der Waals surface area contributed by atoms with Gasteiger partial charge in [-0.15, -0.1) is 0 Å². The second kappa shape index (κ2) is 7.34. The number of carbonyl (C=O) groups is 1. The predicted octanol–water partition coefficient (Wildman–Crippen LogP) is 2.51. The normalized spacial score (nSPS) is 16.6. The molecule has 1 saturated heterocycles. The van der Waals surface area contributed by atoms with Crippen molar-refractivity contribution in [3.05, 3.63) is 29.8 Å². The quantitative estimate of drug-likeness (QED) is 0.827. The van der Waals surface area contributed by atoms with Gasteiger partial charge in [-0.25, -0.2) is 8.42 Å². The summed E-state index contributed by atoms with van der Waals surface area (Å²) in [5, 5.41) is -0.307. The highest BCUT2D eigenvalue weighted by Crippen LogP contribution is 2.21. The number of benzene rings is 1. The van der Waals surface area contributed by atoms with Crippen LogP contribution in [0.5, 0.6) is 5.75 Å². The van der Waals surface area contributed by atoms with Gasteiger partial charge >= 0.3 is 0 Å². The monoisotopic (exact) mass is 339 g/mol. The molecular formula is C17H25NO4S. The van der Waals surface area contributed by atoms with E-state index in [1.54, 1.807) is 36.1 Å². The van der Waals surface area contributed by atoms with Gasteiger partial charge in [0.25, 0.3) is 5.91 Å². The lowest BCUT2D eigenvalue weighted by atomic mass is 10.1. The fourth-order valence-electron chi connectivity index (χ4n) is 2.78. The van der Waals surface area contributed by atoms with E-state index in [9.17, 15) is 13.2 Å². The van der Waals surface area contributed by atoms with Gasteiger partial charge in [-0.05, 0) is 51.0 Å². The number of carbonyl (C=O) groups excluding carboxylic acids is 1. The van der Waals surface area contributed by atoms with E-state index >= 15 is 0 Å². The van der Waals surface area contributed by atoms with Crippen LogP contribution in [0, 0.1) is 0 Å². The molecule has 1 aromatic carbocycles. The standard InChI is InChI=1S/C17H25NO4S/c1-4-23(20,21)16-9-11-18(12-10-16)17(19)14-5-7-15(8-6-14)22-13(2)3/h5-8,13,16H,4,9-12H2,1-3H3. The molecule has 6 heteroatoms. The van der Waals surface area contributed by atoms with Gasteiger partial charge in [0.2, 0.25) is 0 Å². The van der Waals surface area contributed by atoms with Gasteiger partial charge in [0.1, 0.15) is 5.75 Å². The third kappa shape index (κ3) is 4.47. The highest BCUT2D eigenvalue weighted by Gasteiger charge is 2.30. The third-order valence-corrected chi connectivity index (χ3v) is 6.40. The Morgan fingerprint density at radius 3 is 2.26 bits per heavy atom. The van der Waals surface area contributed by atoms with Crippen molar-refractivity contribution in [3.63, 3.8) is 0 Å². The largest absolute Gasteiger partial charge is 0.491 e. The van der Waals surface area contributed by atoms with Crippen molar-refractivity contribution in [1.29, 1.82) is 0 Å². The van der Waals surface area contributed by atoms with Crippen LogP contribution in [0.3, 0.4) is 0 Å². The van der Waals surface area contributed by atoms with Gasteiger partial charge in [-0.3, -0.25) is 4.79 Å². The number of piperidine rings is 1. The minimum atomic E-state index is -3.01. The highest BCUT2D eigenvalue weighted by atomic mass is 32.2. The summed E-state index contributed by atoms with van der Waals surface area (Å²) in [6.45, 7) is 6.56. The van der Waals surface area contributed by atoms with Gasteiger partial charge in [0.15, 0.2) is 9.84 Å². The SMILES string of the molecule is CCS(=O)(=O)C1CCN(C(=O)c2ccc(OC(C)C)cc2)CC1. The van der Waals surface area contributed by atoms with E-state index in [1.165, 1.54) is 0 Å². The van der Waals surface area contributed by atoms with Crippen LogP contribution in [0.2, 0.25) is 0 Å². The molecule has 0 atom stereocenters. The van der Waals surface area contributed by atoms with Crippen LogP contribution in [0.1, 0.15) is 44.0 Å². The first-order valence-corrected chi connectivity index (χ1v) is 9.82. The first kappa shape index (κ1) is 17.8. The minimum Gasteiger partial charge on any atom is -0.491 e. The lowest BCUT2D eigenvalue weighted by molar-refractivity contribution is 0.0725. The van der Waals surface area contributed by atoms with E-state index in [4.69, 9.17) is 4.74 Å². The Kier molecular flexibility index (Phi) is 5.68. The van der Waals surface area contributed by atoms with Crippen molar-refractivity contribution >= 4 is 15.7 Å². The van der Waals surface area contributed by atoms with E-state index < -0.39 is 9.84 Å². The number of amides is 1. The topological polar surface area (TPSA) is 63.7 Å². The molecule has 5 nitrogen and oxygen atoms in total. The lowest BCUT2D eigenvalue weighted by Gasteiger charge is -2.31. The number of ether oxygens (including phenoxy) is 1. The van der Waals surface area contributed by atoms with Crippen LogP contribution in [0.25, 0.3) is 0 Å². The van der Waals surface area contributed by atoms with Crippen molar-refractivity contribution in [2.45, 2.75) is 45.0 Å². The molecule has 0 radical (unpaired) electrons. The fourth-order valence-corrected chi connectivity index (χ4v) is 4.18. The number of hydrogen-bond acceptors (Lipinski definition) is 4. The molecule has 1 aliphatic heterocycles. The zero-order valence-corrected chi connectivity index (χ0v) is 14.8. The molecule has 0 N–H and O–H groups in total. The molecule has 1 fully saturated rings. The van der Waals surface area contributed by atoms with Crippen LogP contribution < -0.4 is 4.74 Å². The van der Waals surface area contributed by atoms with Crippen molar-refractivity contribution in [1.82, 2.24) is 4.90 Å². The summed E-state index contributed by atoms with van der Waals surface area (Å²) < 4.78 is 29.4. The molecule has 1 amide bonds. The Balaban J connectivity index is 1.97. The summed E-state index contributed by atoms with van der Waals surface area (Å²) in [6, 6.07) is 7.10. The molecule has 0 aromatic heterocycles. The predicted molar refractivity (Wildman–Crippen MR) is 90.6 cm³/mol. The van der Waals surface area contributed by atoms with E-state index in [0.717, 1.165) is 5.75 Å². The van der Waals surface area contributed by atoms with E-state index in [-0.39, 0.29) is 23.0 Å². The smallest absolute Gasteiger partial charge is 0.253 e. The molecule has 2 rings (SSSR count). The molecule has 1 aliphatic rings. The zero-order valence-electron chi connectivity index (χ0n) is 14.0. The average Bonchev–Trinajstić information content (AvgIpc) is 2.54. The second-order valence-corrected chi connectivity index (χ2v) is 8.70. The Hall–Kier alpha value is -1.56. The van der Waals surface area contributed by atoms with E-state index in [2.05, 4.69) is 0 Å². The van der Waals surface area contributed by atoms with Gasteiger partial charge in [-0.1, -0.05) is 6.92 Å². The molecule has 0 saturated carbocycles. The summed E-state index contributed by atoms with van der Waals surface area (Å²) in [4.78, 5) is 14.2. The fraction of sp³-hybridized carbons (Fsp3) is 0.588. The molecule has 0 spiro atoms. The third-order valence-electron chi connectivity index (χ3n) is 4.11. The Bertz CT molecular complexity index is 629. The molecule has 0 unspecified atom stereocenters. The lowest BCUT2D eigenvalue weighted by Crippen LogP contribution is -2.42. The van der Waals surface area contributed by atoms with Gasteiger partial charge in [-0.2, -0.15) is 0 Å².